The first kappa shape index (κ1) is 16.2. The molecule has 0 bridgehead atoms. The van der Waals surface area contributed by atoms with Crippen LogP contribution in [-0.4, -0.2) is 53.9 Å². The Labute approximate surface area is 142 Å². The maximum atomic E-state index is 12.8. The summed E-state index contributed by atoms with van der Waals surface area (Å²) in [5.74, 6) is 0.0376. The number of pyridine rings is 1. The van der Waals surface area contributed by atoms with Gasteiger partial charge >= 0.3 is 0 Å². The minimum atomic E-state index is 0.0376. The summed E-state index contributed by atoms with van der Waals surface area (Å²) in [7, 11) is 4.09. The number of likely N-dealkylation sites (N-methyl/N-ethyl adjacent to an activating group) is 1. The first-order valence-electron chi connectivity index (χ1n) is 8.01. The molecule has 0 unspecified atom stereocenters. The molecule has 0 aliphatic carbocycles. The summed E-state index contributed by atoms with van der Waals surface area (Å²) in [5, 5.41) is 9.24. The first-order valence-corrected chi connectivity index (χ1v) is 8.01. The van der Waals surface area contributed by atoms with Gasteiger partial charge in [-0.05, 0) is 44.8 Å². The highest BCUT2D eigenvalue weighted by Crippen LogP contribution is 2.23. The zero-order chi connectivity index (χ0) is 17.1. The van der Waals surface area contributed by atoms with Gasteiger partial charge in [0, 0.05) is 36.5 Å². The summed E-state index contributed by atoms with van der Waals surface area (Å²) in [5.41, 5.74) is 2.56. The second kappa shape index (κ2) is 6.81. The van der Waals surface area contributed by atoms with Crippen LogP contribution in [0.3, 0.4) is 0 Å². The van der Waals surface area contributed by atoms with Gasteiger partial charge in [0.2, 0.25) is 0 Å². The monoisotopic (exact) mass is 320 g/mol. The Balaban J connectivity index is 1.86. The fraction of sp³-hybridized carbons (Fsp3) is 0.316. The number of hydrogen-bond acceptors (Lipinski definition) is 4. The fourth-order valence-electron chi connectivity index (χ4n) is 3.06. The summed E-state index contributed by atoms with van der Waals surface area (Å²) >= 11 is 0. The van der Waals surface area contributed by atoms with E-state index in [9.17, 15) is 10.1 Å². The Bertz CT molecular complexity index is 794. The van der Waals surface area contributed by atoms with Gasteiger partial charge in [0.1, 0.15) is 6.07 Å². The van der Waals surface area contributed by atoms with Crippen LogP contribution >= 0.6 is 0 Å². The molecular weight excluding hydrogens is 300 g/mol. The van der Waals surface area contributed by atoms with Gasteiger partial charge in [0.25, 0.3) is 5.91 Å². The Kier molecular flexibility index (Phi) is 4.59. The fourth-order valence-corrected chi connectivity index (χ4v) is 3.06. The minimum Gasteiger partial charge on any atom is -0.337 e. The van der Waals surface area contributed by atoms with E-state index in [1.165, 1.54) is 0 Å². The number of rotatable bonds is 3. The molecule has 2 heterocycles. The molecule has 1 aliphatic rings. The second-order valence-corrected chi connectivity index (χ2v) is 6.25. The lowest BCUT2D eigenvalue weighted by Crippen LogP contribution is -2.34. The van der Waals surface area contributed by atoms with Gasteiger partial charge in [-0.2, -0.15) is 5.26 Å². The lowest BCUT2D eigenvalue weighted by molar-refractivity contribution is 0.0783. The van der Waals surface area contributed by atoms with Crippen LogP contribution in [0.2, 0.25) is 0 Å². The number of nitrogens with zero attached hydrogens (tertiary/aromatic N) is 4. The summed E-state index contributed by atoms with van der Waals surface area (Å²) < 4.78 is 0. The lowest BCUT2D eigenvalue weighted by atomic mass is 10.0. The molecule has 5 heteroatoms. The molecule has 1 aromatic heterocycles. The van der Waals surface area contributed by atoms with Crippen LogP contribution < -0.4 is 0 Å². The molecule has 1 fully saturated rings. The third-order valence-corrected chi connectivity index (χ3v) is 4.49. The number of benzene rings is 1. The highest BCUT2D eigenvalue weighted by Gasteiger charge is 2.28. The maximum absolute atomic E-state index is 12.8. The van der Waals surface area contributed by atoms with Crippen LogP contribution in [0, 0.1) is 11.3 Å². The van der Waals surface area contributed by atoms with Crippen molar-refractivity contribution in [3.63, 3.8) is 0 Å². The van der Waals surface area contributed by atoms with Crippen LogP contribution in [-0.2, 0) is 0 Å². The molecular formula is C19H20N4O. The third kappa shape index (κ3) is 3.15. The summed E-state index contributed by atoms with van der Waals surface area (Å²) in [6.45, 7) is 1.53. The molecule has 2 aromatic rings. The molecule has 122 valence electrons. The zero-order valence-electron chi connectivity index (χ0n) is 13.9. The highest BCUT2D eigenvalue weighted by molar-refractivity contribution is 5.95. The van der Waals surface area contributed by atoms with Crippen molar-refractivity contribution < 1.29 is 4.79 Å². The number of carbonyl (C=O) groups excluding carboxylic acids is 1. The number of nitriles is 1. The van der Waals surface area contributed by atoms with Crippen molar-refractivity contribution in [2.45, 2.75) is 12.5 Å². The van der Waals surface area contributed by atoms with E-state index >= 15 is 0 Å². The number of carbonyl (C=O) groups is 1. The van der Waals surface area contributed by atoms with E-state index in [2.05, 4.69) is 16.0 Å². The van der Waals surface area contributed by atoms with Crippen LogP contribution in [0.5, 0.6) is 0 Å². The summed E-state index contributed by atoms with van der Waals surface area (Å²) in [4.78, 5) is 21.1. The molecule has 1 atom stereocenters. The Hall–Kier alpha value is -2.71. The average molecular weight is 320 g/mol. The Morgan fingerprint density at radius 3 is 2.88 bits per heavy atom. The molecule has 0 spiro atoms. The van der Waals surface area contributed by atoms with Crippen molar-refractivity contribution in [2.24, 2.45) is 0 Å². The number of likely N-dealkylation sites (tertiary alicyclic amines) is 1. The van der Waals surface area contributed by atoms with E-state index in [0.717, 1.165) is 25.1 Å². The molecule has 5 nitrogen and oxygen atoms in total. The van der Waals surface area contributed by atoms with Gasteiger partial charge in [-0.25, -0.2) is 0 Å². The summed E-state index contributed by atoms with van der Waals surface area (Å²) in [6, 6.07) is 13.4. The zero-order valence-corrected chi connectivity index (χ0v) is 13.9. The Morgan fingerprint density at radius 2 is 2.17 bits per heavy atom. The van der Waals surface area contributed by atoms with Crippen molar-refractivity contribution >= 4 is 5.91 Å². The average Bonchev–Trinajstić information content (AvgIpc) is 3.11. The summed E-state index contributed by atoms with van der Waals surface area (Å²) in [6.07, 6.45) is 2.66. The second-order valence-electron chi connectivity index (χ2n) is 6.25. The first-order chi connectivity index (χ1) is 11.6. The van der Waals surface area contributed by atoms with Crippen molar-refractivity contribution in [1.29, 1.82) is 5.26 Å². The van der Waals surface area contributed by atoms with Crippen molar-refractivity contribution in [2.75, 3.05) is 27.2 Å². The molecule has 0 radical (unpaired) electrons. The number of aromatic nitrogens is 1. The quantitative estimate of drug-likeness (QED) is 0.871. The smallest absolute Gasteiger partial charge is 0.253 e. The van der Waals surface area contributed by atoms with Gasteiger partial charge in [-0.3, -0.25) is 9.78 Å². The molecule has 1 amide bonds. The molecule has 1 aliphatic heterocycles. The van der Waals surface area contributed by atoms with Crippen LogP contribution in [0.25, 0.3) is 11.3 Å². The molecule has 1 aromatic carbocycles. The van der Waals surface area contributed by atoms with Gasteiger partial charge in [0.05, 0.1) is 11.3 Å². The Morgan fingerprint density at radius 1 is 1.33 bits per heavy atom. The highest BCUT2D eigenvalue weighted by atomic mass is 16.2. The van der Waals surface area contributed by atoms with Crippen LogP contribution in [0.4, 0.5) is 0 Å². The maximum Gasteiger partial charge on any atom is 0.253 e. The van der Waals surface area contributed by atoms with E-state index in [1.54, 1.807) is 18.3 Å². The normalized spacial score (nSPS) is 17.1. The standard InChI is InChI=1S/C19H20N4O/c1-22(2)17-8-10-23(13-17)19(24)15-6-3-5-14(11-15)18-16(12-20)7-4-9-21-18/h3-7,9,11,17H,8,10,13H2,1-2H3/t17-/m1/s1. The van der Waals surface area contributed by atoms with Crippen molar-refractivity contribution in [1.82, 2.24) is 14.8 Å². The van der Waals surface area contributed by atoms with E-state index in [1.807, 2.05) is 43.3 Å². The van der Waals surface area contributed by atoms with Crippen molar-refractivity contribution in [3.8, 4) is 17.3 Å². The SMILES string of the molecule is CN(C)[C@@H]1CCN(C(=O)c2cccc(-c3ncccc3C#N)c2)C1. The largest absolute Gasteiger partial charge is 0.337 e. The molecule has 3 rings (SSSR count). The minimum absolute atomic E-state index is 0.0376. The van der Waals surface area contributed by atoms with Crippen LogP contribution in [0.1, 0.15) is 22.3 Å². The molecule has 0 N–H and O–H groups in total. The van der Waals surface area contributed by atoms with E-state index in [4.69, 9.17) is 0 Å². The van der Waals surface area contributed by atoms with Gasteiger partial charge in [-0.15, -0.1) is 0 Å². The van der Waals surface area contributed by atoms with Gasteiger partial charge < -0.3 is 9.80 Å². The predicted molar refractivity (Wildman–Crippen MR) is 92.4 cm³/mol. The van der Waals surface area contributed by atoms with Crippen molar-refractivity contribution in [3.05, 3.63) is 53.7 Å². The van der Waals surface area contributed by atoms with Crippen LogP contribution in [0.15, 0.2) is 42.6 Å². The molecule has 0 saturated carbocycles. The van der Waals surface area contributed by atoms with Gasteiger partial charge in [0.15, 0.2) is 0 Å². The van der Waals surface area contributed by atoms with Gasteiger partial charge in [-0.1, -0.05) is 12.1 Å². The van der Waals surface area contributed by atoms with E-state index in [0.29, 0.717) is 22.9 Å². The predicted octanol–water partition coefficient (Wildman–Crippen LogP) is 2.40. The third-order valence-electron chi connectivity index (χ3n) is 4.49. The van der Waals surface area contributed by atoms with E-state index in [-0.39, 0.29) is 5.91 Å². The molecule has 1 saturated heterocycles. The number of amides is 1. The molecule has 24 heavy (non-hydrogen) atoms. The van der Waals surface area contributed by atoms with E-state index < -0.39 is 0 Å². The lowest BCUT2D eigenvalue weighted by Gasteiger charge is -2.20. The topological polar surface area (TPSA) is 60.2 Å². The number of hydrogen-bond donors (Lipinski definition) is 0.